The van der Waals surface area contributed by atoms with Crippen LogP contribution in [0.5, 0.6) is 0 Å². The van der Waals surface area contributed by atoms with E-state index in [1.807, 2.05) is 72.0 Å². The van der Waals surface area contributed by atoms with E-state index in [0.717, 1.165) is 61.7 Å². The van der Waals surface area contributed by atoms with Crippen LogP contribution in [0.2, 0.25) is 0 Å². The smallest absolute Gasteiger partial charge is 0.160 e. The standard InChI is InChI=1S/C49H33N5S/c1-5-16-32(17-6-1)40-31-41(33-18-7-2-8-19-33)51-48(50-40)37-25-15-24-36(30-37)44-39(28-29-43-45(44)38-26-13-14-27-42(38)55-43)49-53-46(34-20-9-3-10-21-34)52-47(54-49)35-22-11-4-12-23-35/h1-31,46H,(H,52,53,54). The lowest BCUT2D eigenvalue weighted by Crippen LogP contribution is -2.34. The monoisotopic (exact) mass is 723 g/mol. The number of benzene rings is 7. The van der Waals surface area contributed by atoms with Gasteiger partial charge in [-0.3, -0.25) is 0 Å². The van der Waals surface area contributed by atoms with Crippen molar-refractivity contribution in [3.8, 4) is 45.0 Å². The first-order valence-electron chi connectivity index (χ1n) is 18.3. The summed E-state index contributed by atoms with van der Waals surface area (Å²) in [5.74, 6) is 2.13. The number of amidine groups is 2. The first-order valence-corrected chi connectivity index (χ1v) is 19.2. The van der Waals surface area contributed by atoms with Crippen LogP contribution in [0.25, 0.3) is 65.2 Å². The molecule has 0 spiro atoms. The number of hydrogen-bond acceptors (Lipinski definition) is 6. The normalized spacial score (nSPS) is 14.0. The Kier molecular flexibility index (Phi) is 8.35. The second-order valence-corrected chi connectivity index (χ2v) is 14.6. The minimum absolute atomic E-state index is 0.316. The van der Waals surface area contributed by atoms with Gasteiger partial charge in [-0.2, -0.15) is 0 Å². The third-order valence-electron chi connectivity index (χ3n) is 9.96. The van der Waals surface area contributed by atoms with E-state index in [9.17, 15) is 0 Å². The third kappa shape index (κ3) is 6.28. The van der Waals surface area contributed by atoms with Crippen LogP contribution in [0.3, 0.4) is 0 Å². The van der Waals surface area contributed by atoms with Crippen molar-refractivity contribution in [2.75, 3.05) is 0 Å². The molecule has 0 radical (unpaired) electrons. The van der Waals surface area contributed by atoms with Crippen molar-refractivity contribution < 1.29 is 0 Å². The van der Waals surface area contributed by atoms with Gasteiger partial charge in [-0.05, 0) is 41.5 Å². The largest absolute Gasteiger partial charge is 0.344 e. The molecule has 1 atom stereocenters. The fourth-order valence-electron chi connectivity index (χ4n) is 7.33. The molecule has 0 aliphatic carbocycles. The highest BCUT2D eigenvalue weighted by molar-refractivity contribution is 7.26. The molecule has 3 heterocycles. The molecule has 1 unspecified atom stereocenters. The predicted octanol–water partition coefficient (Wildman–Crippen LogP) is 12.0. The summed E-state index contributed by atoms with van der Waals surface area (Å²) in [7, 11) is 0. The minimum Gasteiger partial charge on any atom is -0.344 e. The van der Waals surface area contributed by atoms with Gasteiger partial charge in [-0.1, -0.05) is 158 Å². The summed E-state index contributed by atoms with van der Waals surface area (Å²) in [6, 6.07) is 65.1. The van der Waals surface area contributed by atoms with Crippen molar-refractivity contribution in [2.45, 2.75) is 6.17 Å². The Bertz CT molecular complexity index is 2830. The Morgan fingerprint density at radius 2 is 1.05 bits per heavy atom. The highest BCUT2D eigenvalue weighted by Gasteiger charge is 2.25. The van der Waals surface area contributed by atoms with E-state index in [2.05, 4.69) is 133 Å². The SMILES string of the molecule is c1ccc(C2=NC(c3ccccc3)NC(c3ccc4sc5ccccc5c4c3-c3cccc(-c4nc(-c5ccccc5)cc(-c5ccccc5)n4)c3)=N2)cc1. The lowest BCUT2D eigenvalue weighted by atomic mass is 9.92. The van der Waals surface area contributed by atoms with Gasteiger partial charge in [-0.25, -0.2) is 20.0 Å². The molecule has 0 bridgehead atoms. The fourth-order valence-corrected chi connectivity index (χ4v) is 8.44. The van der Waals surface area contributed by atoms with Gasteiger partial charge in [0.15, 0.2) is 11.7 Å². The zero-order valence-electron chi connectivity index (χ0n) is 29.7. The van der Waals surface area contributed by atoms with Crippen LogP contribution in [0.1, 0.15) is 22.9 Å². The van der Waals surface area contributed by atoms with Gasteiger partial charge in [0.25, 0.3) is 0 Å². The summed E-state index contributed by atoms with van der Waals surface area (Å²) in [5.41, 5.74) is 9.97. The minimum atomic E-state index is -0.316. The van der Waals surface area contributed by atoms with Crippen molar-refractivity contribution >= 4 is 43.2 Å². The Labute approximate surface area is 323 Å². The zero-order chi connectivity index (χ0) is 36.6. The summed E-state index contributed by atoms with van der Waals surface area (Å²) in [6.45, 7) is 0. The summed E-state index contributed by atoms with van der Waals surface area (Å²) < 4.78 is 2.46. The summed E-state index contributed by atoms with van der Waals surface area (Å²) in [5, 5.41) is 6.15. The van der Waals surface area contributed by atoms with E-state index in [-0.39, 0.29) is 6.17 Å². The molecule has 7 aromatic carbocycles. The zero-order valence-corrected chi connectivity index (χ0v) is 30.5. The number of aliphatic imine (C=N–C) groups is 2. The first kappa shape index (κ1) is 32.6. The summed E-state index contributed by atoms with van der Waals surface area (Å²) >= 11 is 1.81. The maximum Gasteiger partial charge on any atom is 0.160 e. The van der Waals surface area contributed by atoms with Gasteiger partial charge in [0, 0.05) is 53.6 Å². The van der Waals surface area contributed by atoms with E-state index < -0.39 is 0 Å². The van der Waals surface area contributed by atoms with Gasteiger partial charge in [0.05, 0.1) is 11.4 Å². The Morgan fingerprint density at radius 3 is 1.75 bits per heavy atom. The predicted molar refractivity (Wildman–Crippen MR) is 228 cm³/mol. The topological polar surface area (TPSA) is 62.5 Å². The molecular formula is C49H33N5S. The van der Waals surface area contributed by atoms with Crippen molar-refractivity contribution in [1.82, 2.24) is 15.3 Å². The third-order valence-corrected chi connectivity index (χ3v) is 11.1. The van der Waals surface area contributed by atoms with Gasteiger partial charge in [0.2, 0.25) is 0 Å². The highest BCUT2D eigenvalue weighted by atomic mass is 32.1. The van der Waals surface area contributed by atoms with Gasteiger partial charge in [-0.15, -0.1) is 11.3 Å². The molecule has 2 aromatic heterocycles. The van der Waals surface area contributed by atoms with Crippen LogP contribution in [-0.4, -0.2) is 21.6 Å². The molecule has 10 rings (SSSR count). The van der Waals surface area contributed by atoms with E-state index in [1.54, 1.807) is 0 Å². The van der Waals surface area contributed by atoms with Gasteiger partial charge >= 0.3 is 0 Å². The number of nitrogens with zero attached hydrogens (tertiary/aromatic N) is 4. The maximum atomic E-state index is 5.26. The number of rotatable bonds is 7. The fraction of sp³-hybridized carbons (Fsp3) is 0.0204. The maximum absolute atomic E-state index is 5.26. The second kappa shape index (κ2) is 14.1. The molecule has 260 valence electrons. The molecular weight excluding hydrogens is 691 g/mol. The van der Waals surface area contributed by atoms with Crippen LogP contribution in [0.4, 0.5) is 0 Å². The first-order chi connectivity index (χ1) is 27.2. The van der Waals surface area contributed by atoms with Gasteiger partial charge < -0.3 is 5.32 Å². The summed E-state index contributed by atoms with van der Waals surface area (Å²) in [6.07, 6.45) is -0.316. The average molecular weight is 724 g/mol. The number of nitrogens with one attached hydrogen (secondary N) is 1. The molecule has 9 aromatic rings. The van der Waals surface area contributed by atoms with Crippen molar-refractivity contribution in [1.29, 1.82) is 0 Å². The van der Waals surface area contributed by atoms with Crippen LogP contribution >= 0.6 is 11.3 Å². The Balaban J connectivity index is 1.19. The van der Waals surface area contributed by atoms with Crippen LogP contribution in [-0.2, 0) is 0 Å². The molecule has 5 nitrogen and oxygen atoms in total. The molecule has 1 aliphatic rings. The van der Waals surface area contributed by atoms with E-state index in [1.165, 1.54) is 20.2 Å². The average Bonchev–Trinajstić information content (AvgIpc) is 3.66. The van der Waals surface area contributed by atoms with E-state index in [4.69, 9.17) is 20.0 Å². The Hall–Kier alpha value is -7.02. The second-order valence-electron chi connectivity index (χ2n) is 13.5. The lowest BCUT2D eigenvalue weighted by Gasteiger charge is -2.25. The number of aromatic nitrogens is 2. The molecule has 0 saturated carbocycles. The van der Waals surface area contributed by atoms with Crippen LogP contribution < -0.4 is 5.32 Å². The Morgan fingerprint density at radius 1 is 0.473 bits per heavy atom. The van der Waals surface area contributed by atoms with Crippen molar-refractivity contribution in [3.05, 3.63) is 205 Å². The van der Waals surface area contributed by atoms with Crippen LogP contribution in [0, 0.1) is 0 Å². The number of fused-ring (bicyclic) bond motifs is 3. The van der Waals surface area contributed by atoms with Crippen molar-refractivity contribution in [2.24, 2.45) is 9.98 Å². The molecule has 55 heavy (non-hydrogen) atoms. The van der Waals surface area contributed by atoms with E-state index in [0.29, 0.717) is 11.7 Å². The van der Waals surface area contributed by atoms with Crippen LogP contribution in [0.15, 0.2) is 198 Å². The number of thiophene rings is 1. The molecule has 0 saturated heterocycles. The van der Waals surface area contributed by atoms with Gasteiger partial charge in [0.1, 0.15) is 12.0 Å². The molecule has 1 aliphatic heterocycles. The highest BCUT2D eigenvalue weighted by Crippen LogP contribution is 2.43. The quantitative estimate of drug-likeness (QED) is 0.178. The molecule has 6 heteroatoms. The summed E-state index contributed by atoms with van der Waals surface area (Å²) in [4.78, 5) is 20.7. The van der Waals surface area contributed by atoms with Crippen molar-refractivity contribution in [3.63, 3.8) is 0 Å². The van der Waals surface area contributed by atoms with E-state index >= 15 is 0 Å². The lowest BCUT2D eigenvalue weighted by molar-refractivity contribution is 0.674. The molecule has 1 N–H and O–H groups in total. The molecule has 0 fully saturated rings. The molecule has 0 amide bonds. The number of hydrogen-bond donors (Lipinski definition) is 1.